The molecule has 18 heavy (non-hydrogen) atoms. The minimum absolute atomic E-state index is 0.443. The Bertz CT molecular complexity index is 424. The van der Waals surface area contributed by atoms with Gasteiger partial charge in [0.05, 0.1) is 5.69 Å². The van der Waals surface area contributed by atoms with Gasteiger partial charge in [0.1, 0.15) is 0 Å². The Balaban J connectivity index is 1.90. The highest BCUT2D eigenvalue weighted by Gasteiger charge is 2.21. The molecule has 2 atom stereocenters. The summed E-state index contributed by atoms with van der Waals surface area (Å²) in [6.07, 6.45) is 6.72. The summed E-state index contributed by atoms with van der Waals surface area (Å²) < 4.78 is 0. The molecule has 1 fully saturated rings. The molecule has 2 rings (SSSR count). The molecule has 0 spiro atoms. The highest BCUT2D eigenvalue weighted by Crippen LogP contribution is 2.24. The lowest BCUT2D eigenvalue weighted by Gasteiger charge is -2.30. The molecular weight excluding hydrogens is 266 g/mol. The van der Waals surface area contributed by atoms with Gasteiger partial charge in [-0.1, -0.05) is 31.4 Å². The first kappa shape index (κ1) is 13.6. The summed E-state index contributed by atoms with van der Waals surface area (Å²) in [5.74, 6) is 0.669. The van der Waals surface area contributed by atoms with Crippen LogP contribution in [0.4, 0.5) is 5.69 Å². The van der Waals surface area contributed by atoms with Crippen LogP contribution in [0.25, 0.3) is 0 Å². The summed E-state index contributed by atoms with van der Waals surface area (Å²) in [4.78, 5) is 4.01. The fourth-order valence-corrected chi connectivity index (χ4v) is 2.76. The van der Waals surface area contributed by atoms with Gasteiger partial charge in [0.2, 0.25) is 0 Å². The second-order valence-corrected chi connectivity index (χ2v) is 5.57. The third-order valence-electron chi connectivity index (χ3n) is 3.44. The van der Waals surface area contributed by atoms with E-state index in [1.54, 1.807) is 6.20 Å². The number of rotatable bonds is 2. The summed E-state index contributed by atoms with van der Waals surface area (Å²) in [5.41, 5.74) is 0.750. The molecule has 0 unspecified atom stereocenters. The summed E-state index contributed by atoms with van der Waals surface area (Å²) in [6.45, 7) is 2.27. The Kier molecular flexibility index (Phi) is 4.78. The van der Waals surface area contributed by atoms with Crippen molar-refractivity contribution in [1.82, 2.24) is 10.3 Å². The first-order valence-corrected chi connectivity index (χ1v) is 7.13. The third-order valence-corrected chi connectivity index (χ3v) is 3.96. The molecule has 5 heteroatoms. The first-order valence-electron chi connectivity index (χ1n) is 6.35. The van der Waals surface area contributed by atoms with Crippen molar-refractivity contribution >= 4 is 34.6 Å². The molecule has 0 amide bonds. The predicted octanol–water partition coefficient (Wildman–Crippen LogP) is 3.60. The van der Waals surface area contributed by atoms with Crippen molar-refractivity contribution in [3.05, 3.63) is 23.5 Å². The molecule has 1 aliphatic carbocycles. The van der Waals surface area contributed by atoms with Crippen LogP contribution < -0.4 is 10.6 Å². The molecule has 2 N–H and O–H groups in total. The molecule has 98 valence electrons. The Labute approximate surface area is 118 Å². The lowest BCUT2D eigenvalue weighted by atomic mass is 9.86. The van der Waals surface area contributed by atoms with E-state index in [9.17, 15) is 0 Å². The van der Waals surface area contributed by atoms with Gasteiger partial charge in [-0.3, -0.25) is 0 Å². The van der Waals surface area contributed by atoms with Crippen LogP contribution >= 0.6 is 23.8 Å². The number of nitrogens with one attached hydrogen (secondary N) is 2. The Morgan fingerprint density at radius 3 is 2.94 bits per heavy atom. The van der Waals surface area contributed by atoms with E-state index < -0.39 is 0 Å². The smallest absolute Gasteiger partial charge is 0.171 e. The first-order chi connectivity index (χ1) is 8.66. The number of nitrogens with zero attached hydrogens (tertiary/aromatic N) is 1. The van der Waals surface area contributed by atoms with Crippen LogP contribution in [0.3, 0.4) is 0 Å². The van der Waals surface area contributed by atoms with Crippen LogP contribution in [0.2, 0.25) is 5.15 Å². The van der Waals surface area contributed by atoms with Gasteiger partial charge >= 0.3 is 0 Å². The maximum atomic E-state index is 5.98. The number of pyridine rings is 1. The summed E-state index contributed by atoms with van der Waals surface area (Å²) >= 11 is 11.3. The van der Waals surface area contributed by atoms with Crippen LogP contribution in [0.15, 0.2) is 18.3 Å². The van der Waals surface area contributed by atoms with Crippen molar-refractivity contribution < 1.29 is 0 Å². The van der Waals surface area contributed by atoms with E-state index in [1.807, 2.05) is 12.1 Å². The Hall–Kier alpha value is -0.870. The van der Waals surface area contributed by atoms with Gasteiger partial charge in [0.15, 0.2) is 10.3 Å². The summed E-state index contributed by atoms with van der Waals surface area (Å²) in [5, 5.41) is 7.55. The maximum absolute atomic E-state index is 5.98. The molecule has 1 aromatic rings. The average molecular weight is 284 g/mol. The molecule has 1 aromatic heterocycles. The molecule has 1 saturated carbocycles. The molecule has 0 bridgehead atoms. The number of halogens is 1. The highest BCUT2D eigenvalue weighted by molar-refractivity contribution is 7.80. The summed E-state index contributed by atoms with van der Waals surface area (Å²) in [7, 11) is 0. The topological polar surface area (TPSA) is 37.0 Å². The molecule has 0 radical (unpaired) electrons. The second-order valence-electron chi connectivity index (χ2n) is 4.81. The van der Waals surface area contributed by atoms with Gasteiger partial charge in [0.25, 0.3) is 0 Å². The number of hydrogen-bond acceptors (Lipinski definition) is 2. The normalized spacial score (nSPS) is 23.4. The molecule has 1 aliphatic rings. The Morgan fingerprint density at radius 1 is 1.44 bits per heavy atom. The lowest BCUT2D eigenvalue weighted by Crippen LogP contribution is -2.43. The molecule has 0 aliphatic heterocycles. The van der Waals surface area contributed by atoms with Gasteiger partial charge in [0, 0.05) is 12.2 Å². The molecule has 0 aromatic carbocycles. The minimum Gasteiger partial charge on any atom is -0.359 e. The lowest BCUT2D eigenvalue weighted by molar-refractivity contribution is 0.309. The van der Waals surface area contributed by atoms with E-state index in [1.165, 1.54) is 25.7 Å². The van der Waals surface area contributed by atoms with Crippen molar-refractivity contribution in [3.63, 3.8) is 0 Å². The monoisotopic (exact) mass is 283 g/mol. The zero-order valence-electron chi connectivity index (χ0n) is 10.4. The fourth-order valence-electron chi connectivity index (χ4n) is 2.34. The van der Waals surface area contributed by atoms with Gasteiger partial charge in [-0.25, -0.2) is 4.98 Å². The van der Waals surface area contributed by atoms with Crippen LogP contribution in [-0.4, -0.2) is 16.1 Å². The zero-order chi connectivity index (χ0) is 13.0. The van der Waals surface area contributed by atoms with Crippen molar-refractivity contribution in [3.8, 4) is 0 Å². The SMILES string of the molecule is C[C@@H]1CCCC[C@@H]1NC(=S)Nc1cccnc1Cl. The quantitative estimate of drug-likeness (QED) is 0.642. The van der Waals surface area contributed by atoms with Crippen molar-refractivity contribution in [2.45, 2.75) is 38.6 Å². The Morgan fingerprint density at radius 2 is 2.22 bits per heavy atom. The number of anilines is 1. The van der Waals surface area contributed by atoms with Gasteiger partial charge in [-0.2, -0.15) is 0 Å². The van der Waals surface area contributed by atoms with Crippen LogP contribution in [0.5, 0.6) is 0 Å². The van der Waals surface area contributed by atoms with Gasteiger partial charge in [-0.05, 0) is 43.1 Å². The van der Waals surface area contributed by atoms with E-state index in [4.69, 9.17) is 23.8 Å². The third kappa shape index (κ3) is 3.56. The number of hydrogen-bond donors (Lipinski definition) is 2. The van der Waals surface area contributed by atoms with Crippen LogP contribution in [0, 0.1) is 5.92 Å². The van der Waals surface area contributed by atoms with E-state index in [0.29, 0.717) is 22.2 Å². The van der Waals surface area contributed by atoms with E-state index >= 15 is 0 Å². The highest BCUT2D eigenvalue weighted by atomic mass is 35.5. The van der Waals surface area contributed by atoms with Crippen molar-refractivity contribution in [1.29, 1.82) is 0 Å². The van der Waals surface area contributed by atoms with E-state index in [0.717, 1.165) is 5.69 Å². The maximum Gasteiger partial charge on any atom is 0.171 e. The molecule has 1 heterocycles. The van der Waals surface area contributed by atoms with Gasteiger partial charge < -0.3 is 10.6 Å². The zero-order valence-corrected chi connectivity index (χ0v) is 12.0. The minimum atomic E-state index is 0.443. The van der Waals surface area contributed by atoms with Crippen molar-refractivity contribution in [2.75, 3.05) is 5.32 Å². The fraction of sp³-hybridized carbons (Fsp3) is 0.538. The molecular formula is C13H18ClN3S. The predicted molar refractivity (Wildman–Crippen MR) is 80.0 cm³/mol. The van der Waals surface area contributed by atoms with E-state index in [2.05, 4.69) is 22.5 Å². The van der Waals surface area contributed by atoms with Crippen LogP contribution in [0.1, 0.15) is 32.6 Å². The number of aromatic nitrogens is 1. The average Bonchev–Trinajstić information content (AvgIpc) is 2.35. The van der Waals surface area contributed by atoms with Crippen molar-refractivity contribution in [2.24, 2.45) is 5.92 Å². The number of thiocarbonyl (C=S) groups is 1. The van der Waals surface area contributed by atoms with E-state index in [-0.39, 0.29) is 0 Å². The van der Waals surface area contributed by atoms with Gasteiger partial charge in [-0.15, -0.1) is 0 Å². The molecule has 0 saturated heterocycles. The largest absolute Gasteiger partial charge is 0.359 e. The molecule has 3 nitrogen and oxygen atoms in total. The standard InChI is InChI=1S/C13H18ClN3S/c1-9-5-2-3-6-10(9)16-13(18)17-11-7-4-8-15-12(11)14/h4,7-10H,2-3,5-6H2,1H3,(H2,16,17,18)/t9-,10+/m1/s1. The summed E-state index contributed by atoms with van der Waals surface area (Å²) in [6, 6.07) is 4.17. The van der Waals surface area contributed by atoms with Crippen LogP contribution in [-0.2, 0) is 0 Å². The second kappa shape index (κ2) is 6.34.